The largest absolute Gasteiger partial charge is 0.507 e. The van der Waals surface area contributed by atoms with Crippen molar-refractivity contribution in [3.63, 3.8) is 0 Å². The Kier molecular flexibility index (Phi) is 5.85. The van der Waals surface area contributed by atoms with Gasteiger partial charge in [0.15, 0.2) is 0 Å². The number of nitrogens with zero attached hydrogens (tertiary/aromatic N) is 2. The van der Waals surface area contributed by atoms with Crippen LogP contribution in [0.1, 0.15) is 41.4 Å². The second kappa shape index (κ2) is 9.14. The summed E-state index contributed by atoms with van der Waals surface area (Å²) in [6.45, 7) is 3.51. The van der Waals surface area contributed by atoms with Gasteiger partial charge in [-0.25, -0.2) is 4.79 Å². The highest BCUT2D eigenvalue weighted by atomic mass is 16.5. The number of carbonyl (C=O) groups excluding carboxylic acids is 3. The first-order valence-electron chi connectivity index (χ1n) is 11.4. The maximum absolute atomic E-state index is 13.3. The van der Waals surface area contributed by atoms with E-state index in [4.69, 9.17) is 4.74 Å². The topological polar surface area (TPSA) is 113 Å². The first kappa shape index (κ1) is 23.0. The summed E-state index contributed by atoms with van der Waals surface area (Å²) in [7, 11) is 0. The second-order valence-corrected chi connectivity index (χ2v) is 8.70. The number of ether oxygens (including phenoxy) is 1. The number of rotatable bonds is 5. The zero-order valence-corrected chi connectivity index (χ0v) is 19.6. The van der Waals surface area contributed by atoms with Crippen molar-refractivity contribution in [2.75, 3.05) is 4.90 Å². The Bertz CT molecular complexity index is 1500. The second-order valence-electron chi connectivity index (χ2n) is 8.70. The Hall–Kier alpha value is -4.72. The molecule has 1 atom stereocenters. The summed E-state index contributed by atoms with van der Waals surface area (Å²) in [5, 5.41) is 12.1. The molecule has 180 valence electrons. The molecule has 4 aromatic rings. The van der Waals surface area contributed by atoms with Gasteiger partial charge in [-0.3, -0.25) is 19.5 Å². The number of ketones is 1. The number of aliphatic hydroxyl groups is 1. The summed E-state index contributed by atoms with van der Waals surface area (Å²) in [4.78, 5) is 47.5. The van der Waals surface area contributed by atoms with Gasteiger partial charge in [-0.05, 0) is 55.8 Å². The number of H-pyrrole nitrogens is 1. The van der Waals surface area contributed by atoms with Crippen molar-refractivity contribution in [2.45, 2.75) is 26.0 Å². The van der Waals surface area contributed by atoms with Crippen LogP contribution in [0.25, 0.3) is 16.7 Å². The summed E-state index contributed by atoms with van der Waals surface area (Å²) in [6.07, 6.45) is 4.48. The van der Waals surface area contributed by atoms with E-state index in [9.17, 15) is 19.5 Å². The predicted octanol–water partition coefficient (Wildman–Crippen LogP) is 4.75. The van der Waals surface area contributed by atoms with Gasteiger partial charge in [0.2, 0.25) is 0 Å². The van der Waals surface area contributed by atoms with Gasteiger partial charge < -0.3 is 14.8 Å². The van der Waals surface area contributed by atoms with Gasteiger partial charge in [0.1, 0.15) is 5.76 Å². The zero-order valence-electron chi connectivity index (χ0n) is 19.6. The van der Waals surface area contributed by atoms with E-state index < -0.39 is 23.7 Å². The molecule has 5 rings (SSSR count). The van der Waals surface area contributed by atoms with Crippen LogP contribution in [-0.2, 0) is 14.3 Å². The van der Waals surface area contributed by atoms with E-state index in [0.29, 0.717) is 22.4 Å². The average molecular weight is 482 g/mol. The predicted molar refractivity (Wildman–Crippen MR) is 134 cm³/mol. The number of benzene rings is 2. The molecule has 8 nitrogen and oxygen atoms in total. The van der Waals surface area contributed by atoms with Gasteiger partial charge in [0, 0.05) is 40.7 Å². The maximum Gasteiger partial charge on any atom is 0.338 e. The molecule has 0 bridgehead atoms. The Morgan fingerprint density at radius 1 is 1.06 bits per heavy atom. The number of Topliss-reactive ketones (excluding diaryl/α,β-unsaturated/α-hetero) is 1. The van der Waals surface area contributed by atoms with Gasteiger partial charge >= 0.3 is 5.97 Å². The van der Waals surface area contributed by atoms with Crippen LogP contribution >= 0.6 is 0 Å². The van der Waals surface area contributed by atoms with Crippen LogP contribution in [0.4, 0.5) is 5.69 Å². The monoisotopic (exact) mass is 481 g/mol. The van der Waals surface area contributed by atoms with E-state index in [1.807, 2.05) is 24.3 Å². The number of pyridine rings is 1. The zero-order chi connectivity index (χ0) is 25.4. The van der Waals surface area contributed by atoms with Crippen molar-refractivity contribution in [2.24, 2.45) is 0 Å². The van der Waals surface area contributed by atoms with Crippen LogP contribution < -0.4 is 4.90 Å². The summed E-state index contributed by atoms with van der Waals surface area (Å²) in [5.41, 5.74) is 2.44. The third-order valence-corrected chi connectivity index (χ3v) is 6.01. The van der Waals surface area contributed by atoms with Crippen LogP contribution in [-0.4, -0.2) is 38.8 Å². The number of amides is 1. The van der Waals surface area contributed by atoms with Crippen LogP contribution in [0.5, 0.6) is 0 Å². The summed E-state index contributed by atoms with van der Waals surface area (Å²) in [5.74, 6) is -2.36. The van der Waals surface area contributed by atoms with E-state index in [1.165, 1.54) is 4.90 Å². The maximum atomic E-state index is 13.3. The lowest BCUT2D eigenvalue weighted by molar-refractivity contribution is -0.132. The van der Waals surface area contributed by atoms with Crippen LogP contribution in [0.15, 0.2) is 84.8 Å². The number of nitrogens with one attached hydrogen (secondary N) is 1. The first-order valence-corrected chi connectivity index (χ1v) is 11.4. The van der Waals surface area contributed by atoms with Crippen LogP contribution in [0.3, 0.4) is 0 Å². The lowest BCUT2D eigenvalue weighted by Gasteiger charge is -2.25. The van der Waals surface area contributed by atoms with Gasteiger partial charge in [-0.2, -0.15) is 0 Å². The van der Waals surface area contributed by atoms with E-state index in [0.717, 1.165) is 10.9 Å². The Morgan fingerprint density at radius 3 is 2.50 bits per heavy atom. The molecular formula is C28H23N3O5. The number of aromatic nitrogens is 2. The van der Waals surface area contributed by atoms with E-state index in [-0.39, 0.29) is 17.4 Å². The van der Waals surface area contributed by atoms with Gasteiger partial charge in [-0.1, -0.05) is 24.3 Å². The molecular weight excluding hydrogens is 458 g/mol. The minimum Gasteiger partial charge on any atom is -0.507 e. The molecule has 1 amide bonds. The van der Waals surface area contributed by atoms with Crippen molar-refractivity contribution in [3.05, 3.63) is 102 Å². The fourth-order valence-corrected chi connectivity index (χ4v) is 4.40. The molecule has 1 saturated heterocycles. The van der Waals surface area contributed by atoms with Crippen molar-refractivity contribution >= 4 is 40.0 Å². The number of anilines is 1. The molecule has 0 spiro atoms. The smallest absolute Gasteiger partial charge is 0.338 e. The number of aromatic amines is 1. The SMILES string of the molecule is CC(C)OC(=O)c1ccc(N2C(=O)C(=O)/C(=C(\O)c3c[nH]c4ccccc34)C2c2cccnc2)cc1. The van der Waals surface area contributed by atoms with Crippen molar-refractivity contribution in [3.8, 4) is 0 Å². The molecule has 2 aromatic carbocycles. The van der Waals surface area contributed by atoms with Gasteiger partial charge in [0.25, 0.3) is 11.7 Å². The Labute approximate surface area is 206 Å². The number of para-hydroxylation sites is 1. The number of carbonyl (C=O) groups is 3. The normalized spacial score (nSPS) is 17.2. The van der Waals surface area contributed by atoms with E-state index >= 15 is 0 Å². The van der Waals surface area contributed by atoms with Crippen molar-refractivity contribution < 1.29 is 24.2 Å². The number of aliphatic hydroxyl groups excluding tert-OH is 1. The molecule has 0 saturated carbocycles. The lowest BCUT2D eigenvalue weighted by atomic mass is 9.96. The van der Waals surface area contributed by atoms with E-state index in [1.54, 1.807) is 68.8 Å². The molecule has 3 heterocycles. The molecule has 1 aliphatic rings. The third kappa shape index (κ3) is 3.92. The quantitative estimate of drug-likeness (QED) is 0.184. The lowest BCUT2D eigenvalue weighted by Crippen LogP contribution is -2.29. The highest BCUT2D eigenvalue weighted by Gasteiger charge is 2.47. The molecule has 2 N–H and O–H groups in total. The minimum absolute atomic E-state index is 0.0407. The van der Waals surface area contributed by atoms with Crippen molar-refractivity contribution in [1.29, 1.82) is 0 Å². The molecule has 1 unspecified atom stereocenters. The summed E-state index contributed by atoms with van der Waals surface area (Å²) < 4.78 is 5.23. The number of esters is 1. The summed E-state index contributed by atoms with van der Waals surface area (Å²) >= 11 is 0. The third-order valence-electron chi connectivity index (χ3n) is 6.01. The highest BCUT2D eigenvalue weighted by molar-refractivity contribution is 6.51. The fraction of sp³-hybridized carbons (Fsp3) is 0.143. The average Bonchev–Trinajstić information content (AvgIpc) is 3.43. The van der Waals surface area contributed by atoms with Gasteiger partial charge in [-0.15, -0.1) is 0 Å². The molecule has 36 heavy (non-hydrogen) atoms. The van der Waals surface area contributed by atoms with Crippen LogP contribution in [0, 0.1) is 0 Å². The Balaban J connectivity index is 1.64. The van der Waals surface area contributed by atoms with E-state index in [2.05, 4.69) is 9.97 Å². The first-order chi connectivity index (χ1) is 17.4. The van der Waals surface area contributed by atoms with Crippen molar-refractivity contribution in [1.82, 2.24) is 9.97 Å². The Morgan fingerprint density at radius 2 is 1.81 bits per heavy atom. The summed E-state index contributed by atoms with van der Waals surface area (Å²) in [6, 6.07) is 16.1. The molecule has 0 radical (unpaired) electrons. The number of hydrogen-bond donors (Lipinski definition) is 2. The standard InChI is InChI=1S/C28H23N3O5/c1-16(2)36-28(35)17-9-11-19(12-10-17)31-24(18-6-5-13-29-14-18)23(26(33)27(31)34)25(32)21-15-30-22-8-4-3-7-20(21)22/h3-16,24,30,32H,1-2H3/b25-23-. The van der Waals surface area contributed by atoms with Crippen LogP contribution in [0.2, 0.25) is 0 Å². The molecule has 8 heteroatoms. The molecule has 1 aliphatic heterocycles. The molecule has 2 aromatic heterocycles. The highest BCUT2D eigenvalue weighted by Crippen LogP contribution is 2.42. The minimum atomic E-state index is -0.916. The fourth-order valence-electron chi connectivity index (χ4n) is 4.40. The number of hydrogen-bond acceptors (Lipinski definition) is 6. The molecule has 0 aliphatic carbocycles. The molecule has 1 fully saturated rings. The van der Waals surface area contributed by atoms with Gasteiger partial charge in [0.05, 0.1) is 23.3 Å². The number of fused-ring (bicyclic) bond motifs is 1.